The van der Waals surface area contributed by atoms with Crippen LogP contribution in [0.1, 0.15) is 30.2 Å². The number of rotatable bonds is 5. The van der Waals surface area contributed by atoms with Crippen LogP contribution >= 0.6 is 0 Å². The third kappa shape index (κ3) is 3.72. The minimum Gasteiger partial charge on any atom is -0.324 e. The summed E-state index contributed by atoms with van der Waals surface area (Å²) in [6, 6.07) is 7.47. The predicted molar refractivity (Wildman–Crippen MR) is 87.1 cm³/mol. The summed E-state index contributed by atoms with van der Waals surface area (Å²) in [7, 11) is 0. The number of amides is 1. The van der Waals surface area contributed by atoms with Crippen LogP contribution in [0.15, 0.2) is 47.4 Å². The number of pyridine rings is 1. The summed E-state index contributed by atoms with van der Waals surface area (Å²) < 4.78 is 0.997. The second-order valence-electron chi connectivity index (χ2n) is 5.19. The fourth-order valence-electron chi connectivity index (χ4n) is 2.06. The molecular weight excluding hydrogens is 314 g/mol. The smallest absolute Gasteiger partial charge is 0.285 e. The number of hydrogen-bond donors (Lipinski definition) is 1. The summed E-state index contributed by atoms with van der Waals surface area (Å²) in [4.78, 5) is 45.5. The van der Waals surface area contributed by atoms with Crippen molar-refractivity contribution in [3.8, 4) is 0 Å². The Morgan fingerprint density at radius 3 is 2.33 bits per heavy atom. The molecule has 0 aliphatic heterocycles. The summed E-state index contributed by atoms with van der Waals surface area (Å²) in [5.41, 5.74) is 0.168. The Kier molecular flexibility index (Phi) is 4.88. The first-order valence-electron chi connectivity index (χ1n) is 7.08. The molecule has 24 heavy (non-hydrogen) atoms. The minimum atomic E-state index is -0.940. The van der Waals surface area contributed by atoms with Gasteiger partial charge in [0.05, 0.1) is 11.1 Å². The summed E-state index contributed by atoms with van der Waals surface area (Å²) >= 11 is 0. The number of nitro groups is 1. The SMILES string of the molecule is CC(=O)c1ccc(NC(=O)[C@H](C)n2cc([N+](=O)[O-])ccc2=O)cc1. The molecular formula is C16H15N3O5. The number of nitrogens with one attached hydrogen (secondary N) is 1. The van der Waals surface area contributed by atoms with Gasteiger partial charge in [0.15, 0.2) is 5.78 Å². The van der Waals surface area contributed by atoms with Gasteiger partial charge < -0.3 is 5.32 Å². The monoisotopic (exact) mass is 329 g/mol. The number of aromatic nitrogens is 1. The topological polar surface area (TPSA) is 111 Å². The summed E-state index contributed by atoms with van der Waals surface area (Å²) in [5, 5.41) is 13.4. The highest BCUT2D eigenvalue weighted by Gasteiger charge is 2.19. The molecule has 2 aromatic rings. The van der Waals surface area contributed by atoms with E-state index in [1.807, 2.05) is 0 Å². The number of hydrogen-bond acceptors (Lipinski definition) is 5. The minimum absolute atomic E-state index is 0.0932. The Bertz CT molecular complexity index is 855. The largest absolute Gasteiger partial charge is 0.324 e. The van der Waals surface area contributed by atoms with E-state index in [4.69, 9.17) is 0 Å². The molecule has 0 unspecified atom stereocenters. The van der Waals surface area contributed by atoms with Gasteiger partial charge in [-0.2, -0.15) is 0 Å². The highest BCUT2D eigenvalue weighted by molar-refractivity contribution is 5.96. The van der Waals surface area contributed by atoms with Gasteiger partial charge >= 0.3 is 0 Å². The third-order valence-corrected chi connectivity index (χ3v) is 3.49. The van der Waals surface area contributed by atoms with Crippen LogP contribution in [0.25, 0.3) is 0 Å². The standard InChI is InChI=1S/C16H15N3O5/c1-10(18-9-14(19(23)24)7-8-15(18)21)16(22)17-13-5-3-12(4-6-13)11(2)20/h3-10H,1-2H3,(H,17,22)/t10-/m0/s1. The van der Waals surface area contributed by atoms with Crippen molar-refractivity contribution in [2.45, 2.75) is 19.9 Å². The normalized spacial score (nSPS) is 11.6. The predicted octanol–water partition coefficient (Wildman–Crippen LogP) is 2.16. The molecule has 1 aromatic carbocycles. The Morgan fingerprint density at radius 2 is 1.79 bits per heavy atom. The molecule has 1 N–H and O–H groups in total. The van der Waals surface area contributed by atoms with E-state index < -0.39 is 22.4 Å². The maximum Gasteiger partial charge on any atom is 0.285 e. The van der Waals surface area contributed by atoms with Crippen LogP contribution in [-0.4, -0.2) is 21.2 Å². The lowest BCUT2D eigenvalue weighted by molar-refractivity contribution is -0.385. The van der Waals surface area contributed by atoms with Crippen LogP contribution in [0, 0.1) is 10.1 Å². The molecule has 1 aromatic heterocycles. The van der Waals surface area contributed by atoms with Crippen LogP contribution in [0.3, 0.4) is 0 Å². The van der Waals surface area contributed by atoms with Crippen molar-refractivity contribution in [1.82, 2.24) is 4.57 Å². The molecule has 0 fully saturated rings. The first-order valence-corrected chi connectivity index (χ1v) is 7.08. The van der Waals surface area contributed by atoms with Crippen molar-refractivity contribution in [3.05, 3.63) is 68.6 Å². The van der Waals surface area contributed by atoms with Gasteiger partial charge in [-0.1, -0.05) is 0 Å². The van der Waals surface area contributed by atoms with E-state index in [9.17, 15) is 24.5 Å². The molecule has 1 amide bonds. The molecule has 0 saturated heterocycles. The van der Waals surface area contributed by atoms with Crippen molar-refractivity contribution < 1.29 is 14.5 Å². The lowest BCUT2D eigenvalue weighted by Crippen LogP contribution is -2.31. The second-order valence-corrected chi connectivity index (χ2v) is 5.19. The Morgan fingerprint density at radius 1 is 1.17 bits per heavy atom. The van der Waals surface area contributed by atoms with E-state index >= 15 is 0 Å². The van der Waals surface area contributed by atoms with E-state index in [0.717, 1.165) is 22.9 Å². The molecule has 8 heteroatoms. The van der Waals surface area contributed by atoms with Crippen molar-refractivity contribution in [1.29, 1.82) is 0 Å². The van der Waals surface area contributed by atoms with Crippen molar-refractivity contribution in [3.63, 3.8) is 0 Å². The number of carbonyl (C=O) groups is 2. The van der Waals surface area contributed by atoms with Gasteiger partial charge in [-0.15, -0.1) is 0 Å². The zero-order valence-electron chi connectivity index (χ0n) is 13.1. The van der Waals surface area contributed by atoms with Gasteiger partial charge in [-0.3, -0.25) is 29.1 Å². The van der Waals surface area contributed by atoms with Crippen molar-refractivity contribution >= 4 is 23.1 Å². The molecule has 2 rings (SSSR count). The zero-order valence-corrected chi connectivity index (χ0v) is 13.1. The van der Waals surface area contributed by atoms with Crippen molar-refractivity contribution in [2.24, 2.45) is 0 Å². The molecule has 0 aliphatic rings. The zero-order chi connectivity index (χ0) is 17.9. The molecule has 0 aliphatic carbocycles. The average molecular weight is 329 g/mol. The number of Topliss-reactive ketones (excluding diaryl/α,β-unsaturated/α-hetero) is 1. The van der Waals surface area contributed by atoms with Crippen LogP contribution in [0.2, 0.25) is 0 Å². The first kappa shape index (κ1) is 17.1. The molecule has 0 saturated carbocycles. The summed E-state index contributed by atoms with van der Waals surface area (Å²) in [6.45, 7) is 2.90. The van der Waals surface area contributed by atoms with E-state index in [2.05, 4.69) is 5.32 Å². The number of benzene rings is 1. The fraction of sp³-hybridized carbons (Fsp3) is 0.188. The quantitative estimate of drug-likeness (QED) is 0.513. The van der Waals surface area contributed by atoms with Crippen LogP contribution < -0.4 is 10.9 Å². The number of carbonyl (C=O) groups excluding carboxylic acids is 2. The van der Waals surface area contributed by atoms with E-state index in [1.54, 1.807) is 24.3 Å². The highest BCUT2D eigenvalue weighted by Crippen LogP contribution is 2.15. The second kappa shape index (κ2) is 6.86. The van der Waals surface area contributed by atoms with Gasteiger partial charge in [0.2, 0.25) is 5.91 Å². The Hall–Kier alpha value is -3.29. The molecule has 0 bridgehead atoms. The fourth-order valence-corrected chi connectivity index (χ4v) is 2.06. The van der Waals surface area contributed by atoms with Crippen LogP contribution in [0.5, 0.6) is 0 Å². The molecule has 124 valence electrons. The van der Waals surface area contributed by atoms with Gasteiger partial charge in [-0.05, 0) is 38.1 Å². The molecule has 0 spiro atoms. The maximum atomic E-state index is 12.3. The van der Waals surface area contributed by atoms with Crippen LogP contribution in [-0.2, 0) is 4.79 Å². The molecule has 0 radical (unpaired) electrons. The molecule has 1 heterocycles. The number of ketones is 1. The van der Waals surface area contributed by atoms with E-state index in [-0.39, 0.29) is 11.5 Å². The van der Waals surface area contributed by atoms with Gasteiger partial charge in [0.25, 0.3) is 11.2 Å². The van der Waals surface area contributed by atoms with E-state index in [1.165, 1.54) is 13.8 Å². The lowest BCUT2D eigenvalue weighted by atomic mass is 10.1. The Balaban J connectivity index is 2.20. The van der Waals surface area contributed by atoms with E-state index in [0.29, 0.717) is 11.3 Å². The molecule has 1 atom stereocenters. The number of anilines is 1. The lowest BCUT2D eigenvalue weighted by Gasteiger charge is -2.15. The molecule has 8 nitrogen and oxygen atoms in total. The van der Waals surface area contributed by atoms with Gasteiger partial charge in [-0.25, -0.2) is 0 Å². The van der Waals surface area contributed by atoms with Gasteiger partial charge in [0, 0.05) is 23.4 Å². The first-order chi connectivity index (χ1) is 11.3. The van der Waals surface area contributed by atoms with Crippen molar-refractivity contribution in [2.75, 3.05) is 5.32 Å². The van der Waals surface area contributed by atoms with Crippen LogP contribution in [0.4, 0.5) is 11.4 Å². The maximum absolute atomic E-state index is 12.3. The Labute approximate surface area is 136 Å². The third-order valence-electron chi connectivity index (χ3n) is 3.49. The summed E-state index contributed by atoms with van der Waals surface area (Å²) in [5.74, 6) is -0.599. The average Bonchev–Trinajstić information content (AvgIpc) is 2.54. The van der Waals surface area contributed by atoms with Gasteiger partial charge in [0.1, 0.15) is 6.04 Å². The highest BCUT2D eigenvalue weighted by atomic mass is 16.6. The number of nitrogens with zero attached hydrogens (tertiary/aromatic N) is 2. The summed E-state index contributed by atoms with van der Waals surface area (Å²) in [6.07, 6.45) is 1.03.